The van der Waals surface area contributed by atoms with Crippen molar-refractivity contribution in [1.29, 1.82) is 0 Å². The summed E-state index contributed by atoms with van der Waals surface area (Å²) in [5, 5.41) is 4.08. The second kappa shape index (κ2) is 7.69. The predicted octanol–water partition coefficient (Wildman–Crippen LogP) is 3.41. The van der Waals surface area contributed by atoms with Crippen molar-refractivity contribution in [3.05, 3.63) is 54.7 Å². The lowest BCUT2D eigenvalue weighted by Crippen LogP contribution is -2.31. The van der Waals surface area contributed by atoms with Crippen molar-refractivity contribution < 1.29 is 4.79 Å². The van der Waals surface area contributed by atoms with Gasteiger partial charge in [0.1, 0.15) is 17.0 Å². The fourth-order valence-corrected chi connectivity index (χ4v) is 3.39. The van der Waals surface area contributed by atoms with Crippen molar-refractivity contribution in [2.75, 3.05) is 25.0 Å². The largest absolute Gasteiger partial charge is 0.366 e. The van der Waals surface area contributed by atoms with Crippen LogP contribution in [-0.4, -0.2) is 40.4 Å². The van der Waals surface area contributed by atoms with Crippen LogP contribution in [-0.2, 0) is 0 Å². The highest BCUT2D eigenvalue weighted by atomic mass is 32.1. The maximum absolute atomic E-state index is 12.8. The first-order valence-electron chi connectivity index (χ1n) is 7.24. The Morgan fingerprint density at radius 1 is 1.26 bits per heavy atom. The van der Waals surface area contributed by atoms with Crippen molar-refractivity contribution in [2.24, 2.45) is 0 Å². The zero-order chi connectivity index (χ0) is 16.8. The number of rotatable bonds is 8. The van der Waals surface area contributed by atoms with E-state index in [0.29, 0.717) is 24.5 Å². The van der Waals surface area contributed by atoms with Crippen LogP contribution in [0.3, 0.4) is 0 Å². The standard InChI is InChI=1S/C17H20N4OS/c1-5-8-18-15-13-12(4)14(23-16(13)20-11-19-15)17(22)21(9-6-2)10-7-3/h5-7,11H,1-3,8-10H2,4H3,(H,18,19,20). The topological polar surface area (TPSA) is 58.1 Å². The molecule has 0 saturated heterocycles. The second-order valence-corrected chi connectivity index (χ2v) is 5.91. The minimum absolute atomic E-state index is 0.0417. The van der Waals surface area contributed by atoms with Gasteiger partial charge in [-0.15, -0.1) is 31.1 Å². The van der Waals surface area contributed by atoms with Gasteiger partial charge in [0.25, 0.3) is 5.91 Å². The number of carbonyl (C=O) groups is 1. The molecule has 2 aromatic rings. The monoisotopic (exact) mass is 328 g/mol. The van der Waals surface area contributed by atoms with Gasteiger partial charge < -0.3 is 10.2 Å². The molecule has 0 fully saturated rings. The van der Waals surface area contributed by atoms with Crippen LogP contribution in [0.25, 0.3) is 10.2 Å². The third kappa shape index (κ3) is 3.48. The van der Waals surface area contributed by atoms with Crippen LogP contribution in [0.15, 0.2) is 44.3 Å². The van der Waals surface area contributed by atoms with Gasteiger partial charge in [-0.3, -0.25) is 4.79 Å². The first kappa shape index (κ1) is 16.9. The van der Waals surface area contributed by atoms with Crippen LogP contribution in [0.4, 0.5) is 5.82 Å². The van der Waals surface area contributed by atoms with E-state index < -0.39 is 0 Å². The molecule has 23 heavy (non-hydrogen) atoms. The molecule has 0 aromatic carbocycles. The third-order valence-corrected chi connectivity index (χ3v) is 4.51. The van der Waals surface area contributed by atoms with Crippen molar-refractivity contribution in [3.63, 3.8) is 0 Å². The van der Waals surface area contributed by atoms with Crippen LogP contribution < -0.4 is 5.32 Å². The molecular formula is C17H20N4OS. The quantitative estimate of drug-likeness (QED) is 0.755. The van der Waals surface area contributed by atoms with Gasteiger partial charge in [-0.1, -0.05) is 18.2 Å². The van der Waals surface area contributed by atoms with E-state index in [1.54, 1.807) is 23.1 Å². The highest BCUT2D eigenvalue weighted by Crippen LogP contribution is 2.33. The van der Waals surface area contributed by atoms with Crippen LogP contribution >= 0.6 is 11.3 Å². The highest BCUT2D eigenvalue weighted by molar-refractivity contribution is 7.20. The molecular weight excluding hydrogens is 308 g/mol. The molecule has 5 nitrogen and oxygen atoms in total. The van der Waals surface area contributed by atoms with Crippen LogP contribution in [0.5, 0.6) is 0 Å². The zero-order valence-electron chi connectivity index (χ0n) is 13.2. The Bertz CT molecular complexity index is 740. The molecule has 0 radical (unpaired) electrons. The molecule has 1 amide bonds. The number of hydrogen-bond donors (Lipinski definition) is 1. The molecule has 2 heterocycles. The Labute approximate surface area is 140 Å². The van der Waals surface area contributed by atoms with E-state index in [4.69, 9.17) is 0 Å². The predicted molar refractivity (Wildman–Crippen MR) is 97.1 cm³/mol. The van der Waals surface area contributed by atoms with E-state index >= 15 is 0 Å². The van der Waals surface area contributed by atoms with Gasteiger partial charge in [-0.25, -0.2) is 9.97 Å². The molecule has 0 unspecified atom stereocenters. The van der Waals surface area contributed by atoms with E-state index in [1.165, 1.54) is 17.7 Å². The molecule has 0 aliphatic heterocycles. The highest BCUT2D eigenvalue weighted by Gasteiger charge is 2.22. The van der Waals surface area contributed by atoms with Gasteiger partial charge in [0, 0.05) is 19.6 Å². The summed E-state index contributed by atoms with van der Waals surface area (Å²) >= 11 is 1.38. The number of thiophene rings is 1. The van der Waals surface area contributed by atoms with Gasteiger partial charge in [-0.2, -0.15) is 0 Å². The van der Waals surface area contributed by atoms with E-state index in [0.717, 1.165) is 21.6 Å². The van der Waals surface area contributed by atoms with E-state index in [1.807, 2.05) is 6.92 Å². The first-order valence-corrected chi connectivity index (χ1v) is 8.05. The normalized spacial score (nSPS) is 10.3. The lowest BCUT2D eigenvalue weighted by Gasteiger charge is -2.18. The van der Waals surface area contributed by atoms with E-state index in [9.17, 15) is 4.79 Å². The average Bonchev–Trinajstić information content (AvgIpc) is 2.89. The molecule has 0 spiro atoms. The number of hydrogen-bond acceptors (Lipinski definition) is 5. The number of carbonyl (C=O) groups excluding carboxylic acids is 1. The minimum Gasteiger partial charge on any atom is -0.366 e. The maximum Gasteiger partial charge on any atom is 0.264 e. The number of aromatic nitrogens is 2. The summed E-state index contributed by atoms with van der Waals surface area (Å²) in [6, 6.07) is 0. The van der Waals surface area contributed by atoms with Gasteiger partial charge in [0.15, 0.2) is 0 Å². The Balaban J connectivity index is 2.47. The zero-order valence-corrected chi connectivity index (χ0v) is 14.0. The smallest absolute Gasteiger partial charge is 0.264 e. The SMILES string of the molecule is C=CCNc1ncnc2sc(C(=O)N(CC=C)CC=C)c(C)c12. The van der Waals surface area contributed by atoms with E-state index in [2.05, 4.69) is 35.0 Å². The summed E-state index contributed by atoms with van der Waals surface area (Å²) in [7, 11) is 0. The molecule has 2 rings (SSSR count). The molecule has 120 valence electrons. The summed E-state index contributed by atoms with van der Waals surface area (Å²) in [5.74, 6) is 0.682. The Morgan fingerprint density at radius 3 is 2.57 bits per heavy atom. The molecule has 0 atom stereocenters. The molecule has 0 aliphatic rings. The summed E-state index contributed by atoms with van der Waals surface area (Å²) in [5.41, 5.74) is 0.889. The number of aryl methyl sites for hydroxylation is 1. The lowest BCUT2D eigenvalue weighted by molar-refractivity contribution is 0.0795. The fraction of sp³-hybridized carbons (Fsp3) is 0.235. The van der Waals surface area contributed by atoms with Crippen molar-refractivity contribution >= 4 is 33.3 Å². The van der Waals surface area contributed by atoms with Crippen molar-refractivity contribution in [2.45, 2.75) is 6.92 Å². The maximum atomic E-state index is 12.8. The number of amides is 1. The Morgan fingerprint density at radius 2 is 1.96 bits per heavy atom. The number of anilines is 1. The molecule has 1 N–H and O–H groups in total. The minimum atomic E-state index is -0.0417. The van der Waals surface area contributed by atoms with Gasteiger partial charge in [0.2, 0.25) is 0 Å². The first-order chi connectivity index (χ1) is 11.1. The average molecular weight is 328 g/mol. The fourth-order valence-electron chi connectivity index (χ4n) is 2.27. The summed E-state index contributed by atoms with van der Waals surface area (Å²) in [4.78, 5) is 24.5. The molecule has 0 bridgehead atoms. The van der Waals surface area contributed by atoms with Crippen molar-refractivity contribution in [3.8, 4) is 0 Å². The molecule has 6 heteroatoms. The summed E-state index contributed by atoms with van der Waals surface area (Å²) in [6.07, 6.45) is 6.68. The summed E-state index contributed by atoms with van der Waals surface area (Å²) < 4.78 is 0. The molecule has 2 aromatic heterocycles. The number of fused-ring (bicyclic) bond motifs is 1. The van der Waals surface area contributed by atoms with Gasteiger partial charge in [0.05, 0.1) is 10.3 Å². The Hall–Kier alpha value is -2.47. The van der Waals surface area contributed by atoms with Gasteiger partial charge >= 0.3 is 0 Å². The van der Waals surface area contributed by atoms with Crippen LogP contribution in [0, 0.1) is 6.92 Å². The lowest BCUT2D eigenvalue weighted by atomic mass is 10.2. The van der Waals surface area contributed by atoms with Gasteiger partial charge in [-0.05, 0) is 12.5 Å². The van der Waals surface area contributed by atoms with Crippen LogP contribution in [0.1, 0.15) is 15.2 Å². The third-order valence-electron chi connectivity index (χ3n) is 3.32. The second-order valence-electron chi connectivity index (χ2n) is 4.92. The Kier molecular flexibility index (Phi) is 5.65. The molecule has 0 saturated carbocycles. The summed E-state index contributed by atoms with van der Waals surface area (Å²) in [6.45, 7) is 14.6. The van der Waals surface area contributed by atoms with Crippen molar-refractivity contribution in [1.82, 2.24) is 14.9 Å². The van der Waals surface area contributed by atoms with Crippen LogP contribution in [0.2, 0.25) is 0 Å². The van der Waals surface area contributed by atoms with E-state index in [-0.39, 0.29) is 5.91 Å². The molecule has 0 aliphatic carbocycles. The number of nitrogens with zero attached hydrogens (tertiary/aromatic N) is 3. The number of nitrogens with one attached hydrogen (secondary N) is 1.